The Balaban J connectivity index is 1.12. The van der Waals surface area contributed by atoms with Gasteiger partial charge in [0.05, 0.1) is 51.4 Å². The Kier molecular flexibility index (Phi) is 11.1. The average Bonchev–Trinajstić information content (AvgIpc) is 3.81. The molecule has 0 N–H and O–H groups in total. The summed E-state index contributed by atoms with van der Waals surface area (Å²) in [6.45, 7) is 3.48. The molecule has 50 heavy (non-hydrogen) atoms. The van der Waals surface area contributed by atoms with Crippen molar-refractivity contribution >= 4 is 34.3 Å². The minimum atomic E-state index is -0.152. The third kappa shape index (κ3) is 7.66. The zero-order valence-corrected chi connectivity index (χ0v) is 29.7. The van der Waals surface area contributed by atoms with Gasteiger partial charge in [-0.2, -0.15) is 0 Å². The average molecular weight is 699 g/mol. The minimum Gasteiger partial charge on any atom is -0.493 e. The van der Waals surface area contributed by atoms with E-state index in [0.29, 0.717) is 46.7 Å². The zero-order chi connectivity index (χ0) is 35.2. The summed E-state index contributed by atoms with van der Waals surface area (Å²) in [4.78, 5) is 36.6. The van der Waals surface area contributed by atoms with Crippen molar-refractivity contribution in [2.75, 3.05) is 54.6 Å². The number of piperidine rings is 1. The van der Waals surface area contributed by atoms with Crippen LogP contribution in [0.15, 0.2) is 83.7 Å². The Labute approximate surface area is 297 Å². The predicted molar refractivity (Wildman–Crippen MR) is 193 cm³/mol. The van der Waals surface area contributed by atoms with Crippen LogP contribution in [0.3, 0.4) is 0 Å². The maximum atomic E-state index is 13.9. The normalized spacial score (nSPS) is 14.4. The first-order valence-electron chi connectivity index (χ1n) is 16.8. The Morgan fingerprint density at radius 2 is 1.68 bits per heavy atom. The molecule has 1 fully saturated rings. The van der Waals surface area contributed by atoms with Gasteiger partial charge in [-0.1, -0.05) is 35.9 Å². The van der Waals surface area contributed by atoms with Gasteiger partial charge in [0, 0.05) is 41.6 Å². The quantitative estimate of drug-likeness (QED) is 0.112. The molecule has 3 aromatic carbocycles. The topological polar surface area (TPSA) is 99.3 Å². The second-order valence-electron chi connectivity index (χ2n) is 12.8. The van der Waals surface area contributed by atoms with Crippen molar-refractivity contribution < 1.29 is 28.2 Å². The van der Waals surface area contributed by atoms with Crippen LogP contribution in [0.1, 0.15) is 57.3 Å². The fourth-order valence-corrected chi connectivity index (χ4v) is 6.99. The number of imidazole rings is 1. The number of methoxy groups -OCH3 is 3. The molecule has 1 amide bonds. The van der Waals surface area contributed by atoms with Crippen molar-refractivity contribution in [2.24, 2.45) is 5.92 Å². The van der Waals surface area contributed by atoms with E-state index in [1.54, 1.807) is 29.6 Å². The number of halogens is 1. The zero-order valence-electron chi connectivity index (χ0n) is 28.9. The number of aromatic nitrogens is 2. The van der Waals surface area contributed by atoms with Gasteiger partial charge in [-0.25, -0.2) is 4.98 Å². The van der Waals surface area contributed by atoms with Gasteiger partial charge in [0.15, 0.2) is 17.3 Å². The minimum absolute atomic E-state index is 0.0606. The lowest BCUT2D eigenvalue weighted by Gasteiger charge is -2.33. The lowest BCUT2D eigenvalue weighted by Crippen LogP contribution is -2.38. The number of fused-ring (bicyclic) bond motifs is 1. The van der Waals surface area contributed by atoms with E-state index in [0.717, 1.165) is 61.1 Å². The molecule has 3 heterocycles. The Bertz CT molecular complexity index is 1890. The molecule has 0 aliphatic carbocycles. The maximum Gasteiger partial charge on any atom is 0.253 e. The van der Waals surface area contributed by atoms with Gasteiger partial charge in [-0.15, -0.1) is 0 Å². The van der Waals surface area contributed by atoms with Crippen molar-refractivity contribution in [2.45, 2.75) is 31.7 Å². The highest BCUT2D eigenvalue weighted by Crippen LogP contribution is 2.38. The Hall–Kier alpha value is -4.80. The summed E-state index contributed by atoms with van der Waals surface area (Å²) >= 11 is 6.24. The molecule has 10 nitrogen and oxygen atoms in total. The number of benzene rings is 3. The monoisotopic (exact) mass is 698 g/mol. The van der Waals surface area contributed by atoms with Crippen molar-refractivity contribution in [1.82, 2.24) is 19.4 Å². The number of likely N-dealkylation sites (N-methyl/N-ethyl adjacent to an activating group) is 1. The predicted octanol–water partition coefficient (Wildman–Crippen LogP) is 7.20. The molecule has 11 heteroatoms. The first kappa shape index (κ1) is 35.0. The van der Waals surface area contributed by atoms with Gasteiger partial charge in [-0.3, -0.25) is 9.59 Å². The standard InChI is InChI=1S/C39H43ClN4O6/c1-42(39(46)30-21-34(47-2)37(49-4)35(22-30)48-3)24-29(27-9-11-31(40)12-10-27)15-19-43-17-13-28(14-18-43)36(45)38-41-32-7-5-6-8-33(32)44(38)23-26-16-20-50-25-26/h5-12,16,20-22,25,28-29H,13-15,17-19,23-24H2,1-4H3. The maximum absolute atomic E-state index is 13.9. The van der Waals surface area contributed by atoms with E-state index in [4.69, 9.17) is 35.2 Å². The molecule has 1 aliphatic rings. The van der Waals surface area contributed by atoms with Crippen LogP contribution in [0.4, 0.5) is 0 Å². The SMILES string of the molecule is COc1cc(C(=O)N(C)CC(CCN2CCC(C(=O)c3nc4ccccc4n3Cc3ccoc3)CC2)c2ccc(Cl)cc2)cc(OC)c1OC. The molecule has 1 unspecified atom stereocenters. The number of ether oxygens (including phenoxy) is 3. The highest BCUT2D eigenvalue weighted by molar-refractivity contribution is 6.30. The number of para-hydroxylation sites is 2. The van der Waals surface area contributed by atoms with E-state index >= 15 is 0 Å². The highest BCUT2D eigenvalue weighted by atomic mass is 35.5. The van der Waals surface area contributed by atoms with Gasteiger partial charge in [-0.05, 0) is 86.9 Å². The number of carbonyl (C=O) groups excluding carboxylic acids is 2. The van der Waals surface area contributed by atoms with Crippen LogP contribution in [0.5, 0.6) is 17.2 Å². The van der Waals surface area contributed by atoms with Crippen LogP contribution >= 0.6 is 11.6 Å². The molecule has 262 valence electrons. The molecule has 0 radical (unpaired) electrons. The van der Waals surface area contributed by atoms with Crippen LogP contribution in [-0.4, -0.2) is 85.6 Å². The number of Topliss-reactive ketones (excluding diaryl/α,β-unsaturated/α-hetero) is 1. The molecular weight excluding hydrogens is 656 g/mol. The largest absolute Gasteiger partial charge is 0.493 e. The molecule has 5 aromatic rings. The molecule has 1 saturated heterocycles. The van der Waals surface area contributed by atoms with E-state index in [1.165, 1.54) is 21.3 Å². The van der Waals surface area contributed by atoms with Crippen LogP contribution in [0, 0.1) is 5.92 Å². The number of likely N-dealkylation sites (tertiary alicyclic amines) is 1. The molecule has 0 saturated carbocycles. The number of nitrogens with zero attached hydrogens (tertiary/aromatic N) is 4. The smallest absolute Gasteiger partial charge is 0.253 e. The highest BCUT2D eigenvalue weighted by Gasteiger charge is 2.30. The van der Waals surface area contributed by atoms with Crippen LogP contribution in [0.2, 0.25) is 5.02 Å². The second kappa shape index (κ2) is 15.8. The first-order chi connectivity index (χ1) is 24.3. The third-order valence-electron chi connectivity index (χ3n) is 9.64. The number of carbonyl (C=O) groups is 2. The van der Waals surface area contributed by atoms with Gasteiger partial charge in [0.1, 0.15) is 0 Å². The van der Waals surface area contributed by atoms with Crippen molar-refractivity contribution in [3.63, 3.8) is 0 Å². The molecule has 0 bridgehead atoms. The number of furan rings is 1. The van der Waals surface area contributed by atoms with E-state index < -0.39 is 0 Å². The fraction of sp³-hybridized carbons (Fsp3) is 0.359. The van der Waals surface area contributed by atoms with Gasteiger partial charge in [0.25, 0.3) is 5.91 Å². The summed E-state index contributed by atoms with van der Waals surface area (Å²) < 4.78 is 23.7. The van der Waals surface area contributed by atoms with Gasteiger partial charge >= 0.3 is 0 Å². The van der Waals surface area contributed by atoms with Gasteiger partial charge < -0.3 is 33.0 Å². The summed E-state index contributed by atoms with van der Waals surface area (Å²) in [5, 5.41) is 0.666. The number of hydrogen-bond donors (Lipinski definition) is 0. The summed E-state index contributed by atoms with van der Waals surface area (Å²) in [7, 11) is 6.41. The first-order valence-corrected chi connectivity index (χ1v) is 17.2. The Morgan fingerprint density at radius 3 is 2.32 bits per heavy atom. The van der Waals surface area contributed by atoms with Crippen molar-refractivity contribution in [3.05, 3.63) is 107 Å². The van der Waals surface area contributed by atoms with E-state index in [2.05, 4.69) is 4.90 Å². The molecule has 1 aliphatic heterocycles. The molecule has 2 aromatic heterocycles. The van der Waals surface area contributed by atoms with E-state index in [9.17, 15) is 9.59 Å². The lowest BCUT2D eigenvalue weighted by molar-refractivity contribution is 0.0778. The van der Waals surface area contributed by atoms with Crippen LogP contribution < -0.4 is 14.2 Å². The lowest BCUT2D eigenvalue weighted by atomic mass is 9.90. The second-order valence-corrected chi connectivity index (χ2v) is 13.2. The van der Waals surface area contributed by atoms with Crippen molar-refractivity contribution in [1.29, 1.82) is 0 Å². The summed E-state index contributed by atoms with van der Waals surface area (Å²) in [5.41, 5.74) is 4.31. The number of rotatable bonds is 14. The van der Waals surface area contributed by atoms with Gasteiger partial charge in [0.2, 0.25) is 11.5 Å². The summed E-state index contributed by atoms with van der Waals surface area (Å²) in [5.74, 6) is 1.70. The van der Waals surface area contributed by atoms with Crippen molar-refractivity contribution in [3.8, 4) is 17.2 Å². The third-order valence-corrected chi connectivity index (χ3v) is 9.89. The molecule has 0 spiro atoms. The molecule has 1 atom stereocenters. The Morgan fingerprint density at radius 1 is 0.980 bits per heavy atom. The van der Waals surface area contributed by atoms with E-state index in [-0.39, 0.29) is 23.5 Å². The summed E-state index contributed by atoms with van der Waals surface area (Å²) in [6, 6.07) is 21.0. The number of hydrogen-bond acceptors (Lipinski definition) is 8. The van der Waals surface area contributed by atoms with Crippen LogP contribution in [0.25, 0.3) is 11.0 Å². The number of ketones is 1. The molecular formula is C39H43ClN4O6. The summed E-state index contributed by atoms with van der Waals surface area (Å²) in [6.07, 6.45) is 5.71. The molecule has 6 rings (SSSR count). The fourth-order valence-electron chi connectivity index (χ4n) is 6.87. The van der Waals surface area contributed by atoms with E-state index in [1.807, 2.05) is 66.2 Å². The van der Waals surface area contributed by atoms with Crippen LogP contribution in [-0.2, 0) is 6.54 Å². The number of amides is 1.